The smallest absolute Gasteiger partial charge is 0.319 e. The zero-order valence-corrected chi connectivity index (χ0v) is 15.8. The number of aryl methyl sites for hydroxylation is 1. The lowest BCUT2D eigenvalue weighted by Gasteiger charge is -2.29. The van der Waals surface area contributed by atoms with E-state index in [0.717, 1.165) is 43.3 Å². The van der Waals surface area contributed by atoms with Crippen molar-refractivity contribution >= 4 is 29.2 Å². The third kappa shape index (κ3) is 5.41. The Kier molecular flexibility index (Phi) is 6.80. The average Bonchev–Trinajstić information content (AvgIpc) is 2.68. The molecule has 2 aromatic carbocycles. The highest BCUT2D eigenvalue weighted by atomic mass is 32.2. The molecule has 0 aromatic heterocycles. The van der Waals surface area contributed by atoms with Crippen molar-refractivity contribution in [2.24, 2.45) is 0 Å². The Balaban J connectivity index is 1.44. The number of hydrogen-bond acceptors (Lipinski definition) is 4. The van der Waals surface area contributed by atoms with Crippen LogP contribution < -0.4 is 15.5 Å². The van der Waals surface area contributed by atoms with Crippen molar-refractivity contribution in [1.29, 1.82) is 0 Å². The van der Waals surface area contributed by atoms with Crippen molar-refractivity contribution in [3.05, 3.63) is 54.1 Å². The van der Waals surface area contributed by atoms with E-state index in [4.69, 9.17) is 4.74 Å². The maximum Gasteiger partial charge on any atom is 0.319 e. The van der Waals surface area contributed by atoms with Crippen LogP contribution in [0.25, 0.3) is 0 Å². The van der Waals surface area contributed by atoms with Gasteiger partial charge in [0.15, 0.2) is 0 Å². The molecule has 0 radical (unpaired) electrons. The molecule has 1 heterocycles. The van der Waals surface area contributed by atoms with Crippen LogP contribution in [0.5, 0.6) is 0 Å². The van der Waals surface area contributed by atoms with Crippen LogP contribution in [0.2, 0.25) is 0 Å². The number of urea groups is 1. The molecule has 26 heavy (non-hydrogen) atoms. The van der Waals surface area contributed by atoms with Crippen LogP contribution in [0.4, 0.5) is 16.2 Å². The number of amides is 2. The lowest BCUT2D eigenvalue weighted by molar-refractivity contribution is 0.122. The average molecular weight is 372 g/mol. The van der Waals surface area contributed by atoms with Crippen molar-refractivity contribution in [1.82, 2.24) is 5.32 Å². The molecule has 6 heteroatoms. The molecular formula is C20H25N3O2S. The summed E-state index contributed by atoms with van der Waals surface area (Å²) in [5, 5.41) is 5.85. The molecule has 0 aliphatic carbocycles. The Morgan fingerprint density at radius 3 is 2.65 bits per heavy atom. The molecule has 2 aromatic rings. The molecule has 3 rings (SSSR count). The van der Waals surface area contributed by atoms with Gasteiger partial charge in [0.05, 0.1) is 13.2 Å². The summed E-state index contributed by atoms with van der Waals surface area (Å²) in [7, 11) is 0. The van der Waals surface area contributed by atoms with Crippen LogP contribution in [0, 0.1) is 6.92 Å². The van der Waals surface area contributed by atoms with Gasteiger partial charge in [-0.15, -0.1) is 11.8 Å². The number of anilines is 2. The Morgan fingerprint density at radius 1 is 1.15 bits per heavy atom. The summed E-state index contributed by atoms with van der Waals surface area (Å²) in [5.41, 5.74) is 3.08. The highest BCUT2D eigenvalue weighted by Gasteiger charge is 2.12. The maximum absolute atomic E-state index is 12.1. The summed E-state index contributed by atoms with van der Waals surface area (Å²) < 4.78 is 5.39. The summed E-state index contributed by atoms with van der Waals surface area (Å²) in [5.74, 6) is 0.840. The molecule has 1 aliphatic heterocycles. The van der Waals surface area contributed by atoms with Crippen molar-refractivity contribution in [3.63, 3.8) is 0 Å². The monoisotopic (exact) mass is 371 g/mol. The number of hydrogen-bond donors (Lipinski definition) is 2. The molecular weight excluding hydrogens is 346 g/mol. The van der Waals surface area contributed by atoms with E-state index in [-0.39, 0.29) is 6.03 Å². The summed E-state index contributed by atoms with van der Waals surface area (Å²) in [6.45, 7) is 5.99. The van der Waals surface area contributed by atoms with E-state index >= 15 is 0 Å². The van der Waals surface area contributed by atoms with Crippen LogP contribution in [0.1, 0.15) is 5.56 Å². The van der Waals surface area contributed by atoms with Gasteiger partial charge in [-0.1, -0.05) is 18.2 Å². The predicted molar refractivity (Wildman–Crippen MR) is 108 cm³/mol. The lowest BCUT2D eigenvalue weighted by Crippen LogP contribution is -2.36. The lowest BCUT2D eigenvalue weighted by atomic mass is 10.1. The van der Waals surface area contributed by atoms with Crippen LogP contribution in [-0.2, 0) is 4.74 Å². The summed E-state index contributed by atoms with van der Waals surface area (Å²) >= 11 is 1.73. The molecule has 0 atom stereocenters. The first-order valence-electron chi connectivity index (χ1n) is 8.88. The largest absolute Gasteiger partial charge is 0.378 e. The Labute approximate surface area is 159 Å². The van der Waals surface area contributed by atoms with E-state index in [1.807, 2.05) is 31.2 Å². The molecule has 5 nitrogen and oxygen atoms in total. The van der Waals surface area contributed by atoms with E-state index in [2.05, 4.69) is 39.8 Å². The highest BCUT2D eigenvalue weighted by Crippen LogP contribution is 2.23. The Bertz CT molecular complexity index is 718. The van der Waals surface area contributed by atoms with Gasteiger partial charge < -0.3 is 20.3 Å². The summed E-state index contributed by atoms with van der Waals surface area (Å²) in [6.07, 6.45) is 0. The number of ether oxygens (including phenoxy) is 1. The number of rotatable bonds is 6. The predicted octanol–water partition coefficient (Wildman–Crippen LogP) is 3.75. The van der Waals surface area contributed by atoms with Crippen LogP contribution in [-0.4, -0.2) is 44.6 Å². The molecule has 0 bridgehead atoms. The van der Waals surface area contributed by atoms with E-state index in [0.29, 0.717) is 6.54 Å². The van der Waals surface area contributed by atoms with Crippen LogP contribution in [0.15, 0.2) is 53.4 Å². The minimum absolute atomic E-state index is 0.166. The zero-order chi connectivity index (χ0) is 18.2. The minimum atomic E-state index is -0.166. The first-order chi connectivity index (χ1) is 12.7. The minimum Gasteiger partial charge on any atom is -0.378 e. The van der Waals surface area contributed by atoms with Crippen molar-refractivity contribution < 1.29 is 9.53 Å². The Morgan fingerprint density at radius 2 is 1.92 bits per heavy atom. The SMILES string of the molecule is Cc1cc(N2CCOCC2)ccc1NC(=O)NCCSc1ccccc1. The van der Waals surface area contributed by atoms with Gasteiger partial charge in [0.2, 0.25) is 0 Å². The number of nitrogens with one attached hydrogen (secondary N) is 2. The first kappa shape index (κ1) is 18.6. The van der Waals surface area contributed by atoms with Gasteiger partial charge in [-0.25, -0.2) is 4.79 Å². The van der Waals surface area contributed by atoms with Crippen LogP contribution >= 0.6 is 11.8 Å². The molecule has 0 unspecified atom stereocenters. The maximum atomic E-state index is 12.1. The second kappa shape index (κ2) is 9.50. The van der Waals surface area contributed by atoms with Gasteiger partial charge in [0.1, 0.15) is 0 Å². The highest BCUT2D eigenvalue weighted by molar-refractivity contribution is 7.99. The molecule has 1 fully saturated rings. The number of carbonyl (C=O) groups excluding carboxylic acids is 1. The number of nitrogens with zero attached hydrogens (tertiary/aromatic N) is 1. The van der Waals surface area contributed by atoms with Crippen molar-refractivity contribution in [2.75, 3.05) is 48.8 Å². The number of benzene rings is 2. The van der Waals surface area contributed by atoms with Gasteiger partial charge >= 0.3 is 6.03 Å². The molecule has 0 saturated carbocycles. The van der Waals surface area contributed by atoms with Gasteiger partial charge in [0, 0.05) is 41.7 Å². The molecule has 1 saturated heterocycles. The standard InChI is InChI=1S/C20H25N3O2S/c1-16-15-17(23-10-12-25-13-11-23)7-8-19(16)22-20(24)21-9-14-26-18-5-3-2-4-6-18/h2-8,15H,9-14H2,1H3,(H2,21,22,24). The second-order valence-corrected chi connectivity index (χ2v) is 7.31. The Hall–Kier alpha value is -2.18. The van der Waals surface area contributed by atoms with E-state index < -0.39 is 0 Å². The van der Waals surface area contributed by atoms with Gasteiger partial charge in [-0.05, 0) is 42.8 Å². The third-order valence-electron chi connectivity index (χ3n) is 4.23. The number of morpholine rings is 1. The molecule has 2 N–H and O–H groups in total. The molecule has 1 aliphatic rings. The van der Waals surface area contributed by atoms with Gasteiger partial charge in [-0.3, -0.25) is 0 Å². The van der Waals surface area contributed by atoms with Crippen LogP contribution in [0.3, 0.4) is 0 Å². The summed E-state index contributed by atoms with van der Waals surface area (Å²) in [4.78, 5) is 15.6. The molecule has 2 amide bonds. The zero-order valence-electron chi connectivity index (χ0n) is 15.0. The molecule has 0 spiro atoms. The number of thioether (sulfide) groups is 1. The third-order valence-corrected chi connectivity index (χ3v) is 5.25. The van der Waals surface area contributed by atoms with Gasteiger partial charge in [0.25, 0.3) is 0 Å². The normalized spacial score (nSPS) is 14.1. The fourth-order valence-corrected chi connectivity index (χ4v) is 3.61. The second-order valence-electron chi connectivity index (χ2n) is 6.14. The van der Waals surface area contributed by atoms with Crippen molar-refractivity contribution in [2.45, 2.75) is 11.8 Å². The van der Waals surface area contributed by atoms with Crippen molar-refractivity contribution in [3.8, 4) is 0 Å². The fourth-order valence-electron chi connectivity index (χ4n) is 2.82. The van der Waals surface area contributed by atoms with Gasteiger partial charge in [-0.2, -0.15) is 0 Å². The van der Waals surface area contributed by atoms with E-state index in [1.54, 1.807) is 11.8 Å². The first-order valence-corrected chi connectivity index (χ1v) is 9.87. The fraction of sp³-hybridized carbons (Fsp3) is 0.350. The topological polar surface area (TPSA) is 53.6 Å². The number of carbonyl (C=O) groups is 1. The van der Waals surface area contributed by atoms with E-state index in [1.165, 1.54) is 10.6 Å². The summed E-state index contributed by atoms with van der Waals surface area (Å²) in [6, 6.07) is 16.2. The molecule has 138 valence electrons. The quantitative estimate of drug-likeness (QED) is 0.600. The van der Waals surface area contributed by atoms with E-state index in [9.17, 15) is 4.79 Å².